The summed E-state index contributed by atoms with van der Waals surface area (Å²) in [4.78, 5) is 23.8. The number of Topliss-reactive ketones (excluding diaryl/α,β-unsaturated/α-hetero) is 1. The quantitative estimate of drug-likeness (QED) is 0.731. The largest absolute Gasteiger partial charge is 0.460 e. The number of ketones is 1. The van der Waals surface area contributed by atoms with E-state index in [2.05, 4.69) is 20.8 Å². The minimum absolute atomic E-state index is 0.0421. The molecule has 1 aliphatic carbocycles. The minimum Gasteiger partial charge on any atom is -0.460 e. The van der Waals surface area contributed by atoms with Gasteiger partial charge in [0.25, 0.3) is 0 Å². The predicted octanol–water partition coefficient (Wildman–Crippen LogP) is 4.14. The van der Waals surface area contributed by atoms with Crippen molar-refractivity contribution in [1.82, 2.24) is 0 Å². The summed E-state index contributed by atoms with van der Waals surface area (Å²) in [6.07, 6.45) is 3.57. The average Bonchev–Trinajstić information content (AvgIpc) is 2.24. The molecule has 1 rings (SSSR count). The lowest BCUT2D eigenvalue weighted by atomic mass is 9.68. The van der Waals surface area contributed by atoms with Gasteiger partial charge in [0.1, 0.15) is 11.4 Å². The van der Waals surface area contributed by atoms with Crippen molar-refractivity contribution < 1.29 is 14.3 Å². The lowest BCUT2D eigenvalue weighted by molar-refractivity contribution is -0.155. The number of ether oxygens (including phenoxy) is 1. The van der Waals surface area contributed by atoms with Crippen LogP contribution < -0.4 is 0 Å². The second kappa shape index (κ2) is 6.28. The van der Waals surface area contributed by atoms with Gasteiger partial charge in [-0.25, -0.2) is 0 Å². The second-order valence-electron chi connectivity index (χ2n) is 8.13. The molecule has 0 saturated heterocycles. The summed E-state index contributed by atoms with van der Waals surface area (Å²) < 4.78 is 5.31. The van der Waals surface area contributed by atoms with Crippen LogP contribution in [0.1, 0.15) is 73.6 Å². The molecular formula is C17H30O3. The molecule has 1 saturated carbocycles. The van der Waals surface area contributed by atoms with Gasteiger partial charge in [-0.3, -0.25) is 9.59 Å². The van der Waals surface area contributed by atoms with Crippen molar-refractivity contribution >= 4 is 11.8 Å². The molecule has 3 heteroatoms. The fraction of sp³-hybridized carbons (Fsp3) is 0.882. The third-order valence-corrected chi connectivity index (χ3v) is 4.11. The highest BCUT2D eigenvalue weighted by atomic mass is 16.6. The first-order valence-electron chi connectivity index (χ1n) is 7.73. The average molecular weight is 282 g/mol. The molecule has 0 aliphatic heterocycles. The third-order valence-electron chi connectivity index (χ3n) is 4.11. The number of carbonyl (C=O) groups is 2. The molecule has 0 bridgehead atoms. The maximum absolute atomic E-state index is 12.0. The van der Waals surface area contributed by atoms with Crippen LogP contribution in [-0.2, 0) is 14.3 Å². The summed E-state index contributed by atoms with van der Waals surface area (Å²) >= 11 is 0. The molecule has 1 fully saturated rings. The lowest BCUT2D eigenvalue weighted by Crippen LogP contribution is -2.32. The first kappa shape index (κ1) is 17.2. The van der Waals surface area contributed by atoms with Gasteiger partial charge in [-0.15, -0.1) is 0 Å². The molecule has 0 aromatic rings. The van der Waals surface area contributed by atoms with Crippen LogP contribution in [0, 0.1) is 17.3 Å². The van der Waals surface area contributed by atoms with Crippen LogP contribution >= 0.6 is 0 Å². The van der Waals surface area contributed by atoms with Gasteiger partial charge in [0, 0.05) is 18.8 Å². The van der Waals surface area contributed by atoms with Crippen LogP contribution in [0.5, 0.6) is 0 Å². The molecule has 0 aromatic carbocycles. The standard InChI is InChI=1S/C17H30O3/c1-16(2,3)13-8-9-14(18)12(11-13)7-10-15(19)20-17(4,5)6/h12-13H,7-11H2,1-6H3/t12-,13-/m1/s1. The van der Waals surface area contributed by atoms with Crippen LogP contribution in [0.25, 0.3) is 0 Å². The van der Waals surface area contributed by atoms with E-state index in [0.717, 1.165) is 12.8 Å². The fourth-order valence-corrected chi connectivity index (χ4v) is 2.86. The Balaban J connectivity index is 2.49. The van der Waals surface area contributed by atoms with Crippen molar-refractivity contribution in [2.75, 3.05) is 0 Å². The highest BCUT2D eigenvalue weighted by Gasteiger charge is 2.35. The summed E-state index contributed by atoms with van der Waals surface area (Å²) in [6.45, 7) is 12.3. The van der Waals surface area contributed by atoms with Gasteiger partial charge >= 0.3 is 5.97 Å². The maximum atomic E-state index is 12.0. The van der Waals surface area contributed by atoms with Crippen molar-refractivity contribution in [3.63, 3.8) is 0 Å². The Hall–Kier alpha value is -0.860. The molecule has 2 atom stereocenters. The van der Waals surface area contributed by atoms with Crippen molar-refractivity contribution in [1.29, 1.82) is 0 Å². The Kier molecular flexibility index (Phi) is 5.39. The smallest absolute Gasteiger partial charge is 0.306 e. The summed E-state index contributed by atoms with van der Waals surface area (Å²) in [5.74, 6) is 0.751. The highest BCUT2D eigenvalue weighted by Crippen LogP contribution is 2.40. The van der Waals surface area contributed by atoms with Crippen molar-refractivity contribution in [3.05, 3.63) is 0 Å². The van der Waals surface area contributed by atoms with Crippen LogP contribution in [-0.4, -0.2) is 17.4 Å². The highest BCUT2D eigenvalue weighted by molar-refractivity contribution is 5.82. The fourth-order valence-electron chi connectivity index (χ4n) is 2.86. The van der Waals surface area contributed by atoms with Gasteiger partial charge in [0.2, 0.25) is 0 Å². The topological polar surface area (TPSA) is 43.4 Å². The zero-order valence-electron chi connectivity index (χ0n) is 13.9. The molecule has 0 amide bonds. The molecule has 0 N–H and O–H groups in total. The van der Waals surface area contributed by atoms with Crippen molar-refractivity contribution in [2.24, 2.45) is 17.3 Å². The minimum atomic E-state index is -0.443. The Morgan fingerprint density at radius 3 is 2.30 bits per heavy atom. The summed E-state index contributed by atoms with van der Waals surface area (Å²) in [6, 6.07) is 0. The molecule has 20 heavy (non-hydrogen) atoms. The van der Waals surface area contributed by atoms with Crippen LogP contribution in [0.4, 0.5) is 0 Å². The van der Waals surface area contributed by atoms with Crippen LogP contribution in [0.2, 0.25) is 0 Å². The van der Waals surface area contributed by atoms with Gasteiger partial charge in [-0.2, -0.15) is 0 Å². The Morgan fingerprint density at radius 1 is 1.20 bits per heavy atom. The first-order chi connectivity index (χ1) is 8.99. The van der Waals surface area contributed by atoms with E-state index in [4.69, 9.17) is 4.74 Å². The second-order valence-corrected chi connectivity index (χ2v) is 8.13. The molecule has 0 unspecified atom stereocenters. The van der Waals surface area contributed by atoms with E-state index in [0.29, 0.717) is 31.0 Å². The van der Waals surface area contributed by atoms with Gasteiger partial charge in [0.15, 0.2) is 0 Å². The van der Waals surface area contributed by atoms with Crippen molar-refractivity contribution in [2.45, 2.75) is 79.2 Å². The van der Waals surface area contributed by atoms with Crippen molar-refractivity contribution in [3.8, 4) is 0 Å². The van der Waals surface area contributed by atoms with E-state index in [9.17, 15) is 9.59 Å². The van der Waals surface area contributed by atoms with Crippen LogP contribution in [0.3, 0.4) is 0 Å². The molecular weight excluding hydrogens is 252 g/mol. The van der Waals surface area contributed by atoms with Gasteiger partial charge in [0.05, 0.1) is 0 Å². The van der Waals surface area contributed by atoms with Gasteiger partial charge in [-0.05, 0) is 51.4 Å². The Labute approximate surface area is 123 Å². The van der Waals surface area contributed by atoms with E-state index in [1.54, 1.807) is 0 Å². The maximum Gasteiger partial charge on any atom is 0.306 e. The molecule has 0 heterocycles. The van der Waals surface area contributed by atoms with Gasteiger partial charge < -0.3 is 4.74 Å². The molecule has 0 spiro atoms. The Morgan fingerprint density at radius 2 is 1.80 bits per heavy atom. The molecule has 1 aliphatic rings. The third kappa shape index (κ3) is 5.64. The number of esters is 1. The van der Waals surface area contributed by atoms with E-state index < -0.39 is 5.60 Å². The monoisotopic (exact) mass is 282 g/mol. The molecule has 3 nitrogen and oxygen atoms in total. The normalized spacial score (nSPS) is 24.6. The summed E-state index contributed by atoms with van der Waals surface area (Å²) in [7, 11) is 0. The zero-order chi connectivity index (χ0) is 15.6. The van der Waals surface area contributed by atoms with E-state index in [1.807, 2.05) is 20.8 Å². The number of carbonyl (C=O) groups excluding carboxylic acids is 2. The van der Waals surface area contributed by atoms with Crippen LogP contribution in [0.15, 0.2) is 0 Å². The number of hydrogen-bond acceptors (Lipinski definition) is 3. The molecule has 0 radical (unpaired) electrons. The predicted molar refractivity (Wildman–Crippen MR) is 80.4 cm³/mol. The van der Waals surface area contributed by atoms with E-state index in [1.165, 1.54) is 0 Å². The molecule has 116 valence electrons. The summed E-state index contributed by atoms with van der Waals surface area (Å²) in [5.41, 5.74) is -0.202. The van der Waals surface area contributed by atoms with E-state index in [-0.39, 0.29) is 17.3 Å². The zero-order valence-corrected chi connectivity index (χ0v) is 13.9. The Bertz CT molecular complexity index is 357. The van der Waals surface area contributed by atoms with E-state index >= 15 is 0 Å². The lowest BCUT2D eigenvalue weighted by Gasteiger charge is -2.37. The molecule has 0 aromatic heterocycles. The SMILES string of the molecule is CC(C)(C)OC(=O)CC[C@@H]1C[C@H](C(C)(C)C)CCC1=O. The number of hydrogen-bond donors (Lipinski definition) is 0. The summed E-state index contributed by atoms with van der Waals surface area (Å²) in [5, 5.41) is 0. The van der Waals surface area contributed by atoms with Gasteiger partial charge in [-0.1, -0.05) is 20.8 Å². The number of rotatable bonds is 3. The first-order valence-corrected chi connectivity index (χ1v) is 7.73.